The van der Waals surface area contributed by atoms with Crippen LogP contribution in [0.2, 0.25) is 0 Å². The Morgan fingerprint density at radius 2 is 1.93 bits per heavy atom. The summed E-state index contributed by atoms with van der Waals surface area (Å²) in [6, 6.07) is 9.24. The molecule has 0 atom stereocenters. The van der Waals surface area contributed by atoms with Gasteiger partial charge in [0.15, 0.2) is 0 Å². The predicted molar refractivity (Wildman–Crippen MR) is 111 cm³/mol. The van der Waals surface area contributed by atoms with Gasteiger partial charge in [-0.05, 0) is 42.7 Å². The molecule has 1 aromatic carbocycles. The molecule has 1 aromatic heterocycles. The number of amides is 2. The maximum atomic E-state index is 12.8. The smallest absolute Gasteiger partial charge is 0.253 e. The van der Waals surface area contributed by atoms with Crippen molar-refractivity contribution in [3.63, 3.8) is 0 Å². The van der Waals surface area contributed by atoms with E-state index in [0.29, 0.717) is 17.8 Å². The second-order valence-corrected chi connectivity index (χ2v) is 7.49. The number of carbonyl (C=O) groups excluding carboxylic acids is 2. The summed E-state index contributed by atoms with van der Waals surface area (Å²) in [7, 11) is 3.79. The zero-order chi connectivity index (χ0) is 19.9. The third kappa shape index (κ3) is 5.09. The number of carbonyl (C=O) groups is 2. The van der Waals surface area contributed by atoms with Crippen molar-refractivity contribution in [1.82, 2.24) is 10.3 Å². The Hall–Kier alpha value is -2.89. The number of benzene rings is 1. The highest BCUT2D eigenvalue weighted by molar-refractivity contribution is 6.02. The monoisotopic (exact) mass is 380 g/mol. The molecule has 1 fully saturated rings. The quantitative estimate of drug-likeness (QED) is 0.803. The number of hydrogen-bond donors (Lipinski definition) is 2. The molecular weight excluding hydrogens is 352 g/mol. The van der Waals surface area contributed by atoms with Crippen molar-refractivity contribution < 1.29 is 9.59 Å². The Balaban J connectivity index is 1.73. The maximum absolute atomic E-state index is 12.8. The van der Waals surface area contributed by atoms with Crippen LogP contribution in [-0.4, -0.2) is 30.9 Å². The van der Waals surface area contributed by atoms with Gasteiger partial charge in [0.1, 0.15) is 0 Å². The number of anilines is 2. The highest BCUT2D eigenvalue weighted by Gasteiger charge is 2.22. The van der Waals surface area contributed by atoms with Gasteiger partial charge in [-0.3, -0.25) is 14.6 Å². The third-order valence-corrected chi connectivity index (χ3v) is 5.14. The fraction of sp³-hybridized carbons (Fsp3) is 0.409. The van der Waals surface area contributed by atoms with E-state index in [0.717, 1.165) is 36.9 Å². The third-order valence-electron chi connectivity index (χ3n) is 5.14. The Kier molecular flexibility index (Phi) is 6.63. The second-order valence-electron chi connectivity index (χ2n) is 7.49. The minimum Gasteiger partial charge on any atom is -0.377 e. The van der Waals surface area contributed by atoms with Gasteiger partial charge in [0.25, 0.3) is 5.91 Å². The van der Waals surface area contributed by atoms with Crippen molar-refractivity contribution in [2.75, 3.05) is 24.3 Å². The molecular formula is C22H28N4O2. The van der Waals surface area contributed by atoms with Gasteiger partial charge < -0.3 is 15.5 Å². The van der Waals surface area contributed by atoms with Crippen LogP contribution >= 0.6 is 0 Å². The average Bonchev–Trinajstić information content (AvgIpc) is 2.73. The van der Waals surface area contributed by atoms with E-state index in [9.17, 15) is 9.59 Å². The fourth-order valence-electron chi connectivity index (χ4n) is 3.57. The zero-order valence-corrected chi connectivity index (χ0v) is 16.6. The molecule has 0 aliphatic heterocycles. The summed E-state index contributed by atoms with van der Waals surface area (Å²) >= 11 is 0. The standard InChI is InChI=1S/C22H28N4O2/c1-26(2)20-11-10-18(25-21(27)17-8-4-3-5-9-17)13-19(20)22(28)24-15-16-7-6-12-23-14-16/h6-7,10-14,17H,3-5,8-9,15H2,1-2H3,(H,24,28)(H,25,27). The van der Waals surface area contributed by atoms with E-state index >= 15 is 0 Å². The molecule has 28 heavy (non-hydrogen) atoms. The number of aromatic nitrogens is 1. The van der Waals surface area contributed by atoms with Gasteiger partial charge in [0.2, 0.25) is 5.91 Å². The van der Waals surface area contributed by atoms with Crippen LogP contribution in [0.3, 0.4) is 0 Å². The number of nitrogens with one attached hydrogen (secondary N) is 2. The zero-order valence-electron chi connectivity index (χ0n) is 16.6. The molecule has 148 valence electrons. The summed E-state index contributed by atoms with van der Waals surface area (Å²) in [4.78, 5) is 31.3. The van der Waals surface area contributed by atoms with Gasteiger partial charge in [-0.1, -0.05) is 25.3 Å². The van der Waals surface area contributed by atoms with E-state index in [2.05, 4.69) is 15.6 Å². The van der Waals surface area contributed by atoms with E-state index in [1.165, 1.54) is 6.42 Å². The molecule has 0 bridgehead atoms. The predicted octanol–water partition coefficient (Wildman–Crippen LogP) is 3.60. The Morgan fingerprint density at radius 1 is 1.14 bits per heavy atom. The summed E-state index contributed by atoms with van der Waals surface area (Å²) in [5.74, 6) is -0.0505. The number of rotatable bonds is 6. The van der Waals surface area contributed by atoms with Crippen LogP contribution in [0.5, 0.6) is 0 Å². The minimum absolute atomic E-state index is 0.0546. The molecule has 2 amide bonds. The second kappa shape index (κ2) is 9.35. The summed E-state index contributed by atoms with van der Waals surface area (Å²) in [5, 5.41) is 5.94. The average molecular weight is 380 g/mol. The molecule has 3 rings (SSSR count). The van der Waals surface area contributed by atoms with E-state index in [1.54, 1.807) is 18.5 Å². The van der Waals surface area contributed by atoms with Gasteiger partial charge in [0, 0.05) is 50.3 Å². The number of pyridine rings is 1. The fourth-order valence-corrected chi connectivity index (χ4v) is 3.57. The van der Waals surface area contributed by atoms with Crippen LogP contribution in [0.15, 0.2) is 42.7 Å². The Bertz CT molecular complexity index is 815. The first-order valence-electron chi connectivity index (χ1n) is 9.84. The van der Waals surface area contributed by atoms with E-state index in [1.807, 2.05) is 43.3 Å². The molecule has 1 aliphatic rings. The number of nitrogens with zero attached hydrogens (tertiary/aromatic N) is 2. The van der Waals surface area contributed by atoms with E-state index < -0.39 is 0 Å². The summed E-state index contributed by atoms with van der Waals surface area (Å²) in [6.07, 6.45) is 8.75. The molecule has 6 nitrogen and oxygen atoms in total. The van der Waals surface area contributed by atoms with Crippen molar-refractivity contribution >= 4 is 23.2 Å². The highest BCUT2D eigenvalue weighted by Crippen LogP contribution is 2.27. The first-order chi connectivity index (χ1) is 13.5. The normalized spacial score (nSPS) is 14.4. The molecule has 0 radical (unpaired) electrons. The molecule has 6 heteroatoms. The summed E-state index contributed by atoms with van der Waals surface area (Å²) in [5.41, 5.74) is 2.94. The van der Waals surface area contributed by atoms with Crippen LogP contribution in [0, 0.1) is 5.92 Å². The van der Waals surface area contributed by atoms with Crippen LogP contribution in [0.1, 0.15) is 48.0 Å². The van der Waals surface area contributed by atoms with Gasteiger partial charge in [0.05, 0.1) is 5.56 Å². The molecule has 0 saturated heterocycles. The number of hydrogen-bond acceptors (Lipinski definition) is 4. The van der Waals surface area contributed by atoms with Crippen molar-refractivity contribution in [3.8, 4) is 0 Å². The van der Waals surface area contributed by atoms with Crippen LogP contribution in [0.25, 0.3) is 0 Å². The molecule has 1 heterocycles. The molecule has 0 spiro atoms. The topological polar surface area (TPSA) is 74.3 Å². The van der Waals surface area contributed by atoms with Crippen molar-refractivity contribution in [2.45, 2.75) is 38.6 Å². The summed E-state index contributed by atoms with van der Waals surface area (Å²) in [6.45, 7) is 0.401. The van der Waals surface area contributed by atoms with Crippen LogP contribution in [0.4, 0.5) is 11.4 Å². The molecule has 0 unspecified atom stereocenters. The molecule has 1 aliphatic carbocycles. The first-order valence-corrected chi connectivity index (χ1v) is 9.84. The van der Waals surface area contributed by atoms with E-state index in [-0.39, 0.29) is 17.7 Å². The van der Waals surface area contributed by atoms with Crippen molar-refractivity contribution in [1.29, 1.82) is 0 Å². The van der Waals surface area contributed by atoms with Gasteiger partial charge in [-0.25, -0.2) is 0 Å². The van der Waals surface area contributed by atoms with E-state index in [4.69, 9.17) is 0 Å². The van der Waals surface area contributed by atoms with Crippen LogP contribution in [-0.2, 0) is 11.3 Å². The SMILES string of the molecule is CN(C)c1ccc(NC(=O)C2CCCCC2)cc1C(=O)NCc1cccnc1. The molecule has 1 saturated carbocycles. The maximum Gasteiger partial charge on any atom is 0.253 e. The lowest BCUT2D eigenvalue weighted by atomic mass is 9.88. The molecule has 2 aromatic rings. The Morgan fingerprint density at radius 3 is 2.61 bits per heavy atom. The van der Waals surface area contributed by atoms with Gasteiger partial charge in [-0.15, -0.1) is 0 Å². The van der Waals surface area contributed by atoms with Crippen LogP contribution < -0.4 is 15.5 Å². The first kappa shape index (κ1) is 19.9. The lowest BCUT2D eigenvalue weighted by Crippen LogP contribution is -2.27. The Labute approximate surface area is 166 Å². The van der Waals surface area contributed by atoms with Gasteiger partial charge >= 0.3 is 0 Å². The largest absolute Gasteiger partial charge is 0.377 e. The lowest BCUT2D eigenvalue weighted by molar-refractivity contribution is -0.120. The van der Waals surface area contributed by atoms with Crippen molar-refractivity contribution in [3.05, 3.63) is 53.9 Å². The molecule has 2 N–H and O–H groups in total. The highest BCUT2D eigenvalue weighted by atomic mass is 16.2. The minimum atomic E-state index is -0.179. The summed E-state index contributed by atoms with van der Waals surface area (Å²) < 4.78 is 0. The van der Waals surface area contributed by atoms with Gasteiger partial charge in [-0.2, -0.15) is 0 Å². The van der Waals surface area contributed by atoms with Crippen molar-refractivity contribution in [2.24, 2.45) is 5.92 Å². The lowest BCUT2D eigenvalue weighted by Gasteiger charge is -2.22.